The summed E-state index contributed by atoms with van der Waals surface area (Å²) in [7, 11) is 3.88. The molecule has 0 atom stereocenters. The van der Waals surface area contributed by atoms with Gasteiger partial charge in [-0.05, 0) is 91.2 Å². The van der Waals surface area contributed by atoms with E-state index in [0.29, 0.717) is 47.5 Å². The predicted octanol–water partition coefficient (Wildman–Crippen LogP) is 5.59. The number of carbonyl (C=O) groups is 2. The van der Waals surface area contributed by atoms with E-state index in [0.717, 1.165) is 34.8 Å². The van der Waals surface area contributed by atoms with Crippen molar-refractivity contribution >= 4 is 44.8 Å². The Kier molecular flexibility index (Phi) is 9.84. The van der Waals surface area contributed by atoms with E-state index in [4.69, 9.17) is 14.8 Å². The number of anilines is 1. The Morgan fingerprint density at radius 2 is 1.93 bits per heavy atom. The van der Waals surface area contributed by atoms with E-state index in [9.17, 15) is 9.59 Å². The number of rotatable bonds is 11. The first kappa shape index (κ1) is 29.2. The minimum Gasteiger partial charge on any atom is -0.410 e. The monoisotopic (exact) mass is 607 g/mol. The zero-order valence-corrected chi connectivity index (χ0v) is 24.7. The van der Waals surface area contributed by atoms with Crippen LogP contribution in [0.1, 0.15) is 37.0 Å². The largest absolute Gasteiger partial charge is 0.412 e. The van der Waals surface area contributed by atoms with Gasteiger partial charge in [0.05, 0.1) is 16.6 Å². The van der Waals surface area contributed by atoms with Crippen LogP contribution in [0.4, 0.5) is 10.6 Å². The maximum Gasteiger partial charge on any atom is 0.412 e. The van der Waals surface area contributed by atoms with Gasteiger partial charge in [-0.2, -0.15) is 5.10 Å². The summed E-state index contributed by atoms with van der Waals surface area (Å²) in [4.78, 5) is 35.9. The van der Waals surface area contributed by atoms with Crippen LogP contribution in [0.15, 0.2) is 59.3 Å². The molecule has 0 saturated heterocycles. The Morgan fingerprint density at radius 1 is 1.15 bits per heavy atom. The van der Waals surface area contributed by atoms with Crippen molar-refractivity contribution in [3.05, 3.63) is 64.9 Å². The molecule has 4 aromatic rings. The van der Waals surface area contributed by atoms with Crippen LogP contribution in [0.5, 0.6) is 5.75 Å². The van der Waals surface area contributed by atoms with E-state index >= 15 is 0 Å². The molecule has 2 amide bonds. The highest BCUT2D eigenvalue weighted by Crippen LogP contribution is 2.33. The Bertz CT molecular complexity index is 1450. The fraction of sp³-hybridized carbons (Fsp3) is 0.345. The summed E-state index contributed by atoms with van der Waals surface area (Å²) in [6, 6.07) is 12.5. The van der Waals surface area contributed by atoms with Crippen LogP contribution in [0.3, 0.4) is 0 Å². The number of pyridine rings is 2. The van der Waals surface area contributed by atoms with Crippen molar-refractivity contribution in [3.63, 3.8) is 0 Å². The van der Waals surface area contributed by atoms with Crippen LogP contribution in [0.2, 0.25) is 0 Å². The Hall–Kier alpha value is -3.83. The number of hydrogen-bond donors (Lipinski definition) is 2. The van der Waals surface area contributed by atoms with Gasteiger partial charge in [0, 0.05) is 42.1 Å². The van der Waals surface area contributed by atoms with Gasteiger partial charge < -0.3 is 20.3 Å². The van der Waals surface area contributed by atoms with Crippen molar-refractivity contribution in [1.82, 2.24) is 30.0 Å². The maximum atomic E-state index is 12.9. The standard InChI is InChI=1S/C29H34BrN7O3/c1-19(2)7-6-15-37-27-23(26(35-37)34-28(38)21-8-5-13-31-18-21)17-24(30)25(33-27)20-9-11-22(12-10-20)40-29(39)32-14-16-36(3)4/h5,8-13,17-19H,6-7,14-16H2,1-4H3,(H,32,39)(H,34,35,38). The van der Waals surface area contributed by atoms with E-state index in [-0.39, 0.29) is 5.91 Å². The normalized spacial score (nSPS) is 11.3. The molecule has 0 spiro atoms. The van der Waals surface area contributed by atoms with Crippen LogP contribution in [-0.2, 0) is 6.54 Å². The van der Waals surface area contributed by atoms with Gasteiger partial charge in [-0.3, -0.25) is 9.78 Å². The number of hydrogen-bond acceptors (Lipinski definition) is 7. The Balaban J connectivity index is 1.59. The average molecular weight is 609 g/mol. The topological polar surface area (TPSA) is 114 Å². The highest BCUT2D eigenvalue weighted by molar-refractivity contribution is 9.10. The van der Waals surface area contributed by atoms with Crippen molar-refractivity contribution in [2.45, 2.75) is 33.2 Å². The number of aromatic nitrogens is 4. The van der Waals surface area contributed by atoms with Gasteiger partial charge >= 0.3 is 6.09 Å². The van der Waals surface area contributed by atoms with E-state index in [1.165, 1.54) is 6.20 Å². The highest BCUT2D eigenvalue weighted by atomic mass is 79.9. The number of amides is 2. The van der Waals surface area contributed by atoms with Crippen molar-refractivity contribution in [2.75, 3.05) is 32.5 Å². The Labute approximate surface area is 242 Å². The molecule has 0 radical (unpaired) electrons. The van der Waals surface area contributed by atoms with E-state index in [1.807, 2.05) is 41.9 Å². The lowest BCUT2D eigenvalue weighted by Gasteiger charge is -2.11. The molecule has 4 rings (SSSR count). The third kappa shape index (κ3) is 7.64. The summed E-state index contributed by atoms with van der Waals surface area (Å²) in [6.07, 6.45) is 4.62. The van der Waals surface area contributed by atoms with Crippen molar-refractivity contribution in [1.29, 1.82) is 0 Å². The first-order valence-electron chi connectivity index (χ1n) is 13.2. The number of carbonyl (C=O) groups excluding carboxylic acids is 2. The predicted molar refractivity (Wildman–Crippen MR) is 160 cm³/mol. The molecule has 0 aliphatic heterocycles. The zero-order valence-electron chi connectivity index (χ0n) is 23.1. The minimum absolute atomic E-state index is 0.289. The fourth-order valence-corrected chi connectivity index (χ4v) is 4.60. The van der Waals surface area contributed by atoms with Crippen LogP contribution in [0, 0.1) is 5.92 Å². The molecule has 0 aliphatic carbocycles. The number of nitrogens with zero attached hydrogens (tertiary/aromatic N) is 5. The SMILES string of the molecule is CC(C)CCCn1nc(NC(=O)c2cccnc2)c2cc(Br)c(-c3ccc(OC(=O)NCCN(C)C)cc3)nc21. The number of halogens is 1. The number of ether oxygens (including phenoxy) is 1. The van der Waals surface area contributed by atoms with Gasteiger partial charge in [0.25, 0.3) is 5.91 Å². The summed E-state index contributed by atoms with van der Waals surface area (Å²) in [6.45, 7) is 6.26. The summed E-state index contributed by atoms with van der Waals surface area (Å²) < 4.78 is 7.98. The van der Waals surface area contributed by atoms with Gasteiger partial charge in [-0.1, -0.05) is 13.8 Å². The van der Waals surface area contributed by atoms with Crippen LogP contribution >= 0.6 is 15.9 Å². The number of benzene rings is 1. The molecule has 0 aliphatic rings. The quantitative estimate of drug-likeness (QED) is 0.228. The summed E-state index contributed by atoms with van der Waals surface area (Å²) >= 11 is 3.66. The molecule has 3 aromatic heterocycles. The molecule has 0 fully saturated rings. The van der Waals surface area contributed by atoms with Crippen molar-refractivity contribution in [2.24, 2.45) is 5.92 Å². The zero-order chi connectivity index (χ0) is 28.6. The maximum absolute atomic E-state index is 12.9. The molecule has 40 heavy (non-hydrogen) atoms. The number of aryl methyl sites for hydroxylation is 1. The molecule has 0 bridgehead atoms. The minimum atomic E-state index is -0.499. The van der Waals surface area contributed by atoms with Crippen LogP contribution in [-0.4, -0.2) is 63.8 Å². The van der Waals surface area contributed by atoms with Crippen LogP contribution < -0.4 is 15.4 Å². The number of nitrogens with one attached hydrogen (secondary N) is 2. The number of fused-ring (bicyclic) bond motifs is 1. The van der Waals surface area contributed by atoms with E-state index in [1.54, 1.807) is 30.5 Å². The third-order valence-electron chi connectivity index (χ3n) is 6.15. The smallest absolute Gasteiger partial charge is 0.410 e. The second kappa shape index (κ2) is 13.5. The van der Waals surface area contributed by atoms with Gasteiger partial charge in [0.2, 0.25) is 0 Å². The molecule has 0 saturated carbocycles. The van der Waals surface area contributed by atoms with Crippen molar-refractivity contribution < 1.29 is 14.3 Å². The first-order chi connectivity index (χ1) is 19.2. The second-order valence-electron chi connectivity index (χ2n) is 10.1. The molecule has 10 nitrogen and oxygen atoms in total. The lowest BCUT2D eigenvalue weighted by molar-refractivity contribution is 0.102. The lowest BCUT2D eigenvalue weighted by Crippen LogP contribution is -2.33. The average Bonchev–Trinajstić information content (AvgIpc) is 3.24. The van der Waals surface area contributed by atoms with Gasteiger partial charge in [0.1, 0.15) is 5.75 Å². The highest BCUT2D eigenvalue weighted by Gasteiger charge is 2.19. The molecule has 2 N–H and O–H groups in total. The molecular weight excluding hydrogens is 574 g/mol. The summed E-state index contributed by atoms with van der Waals surface area (Å²) in [5.41, 5.74) is 2.67. The van der Waals surface area contributed by atoms with Gasteiger partial charge in [-0.25, -0.2) is 14.5 Å². The fourth-order valence-electron chi connectivity index (χ4n) is 4.05. The van der Waals surface area contributed by atoms with Crippen molar-refractivity contribution in [3.8, 4) is 17.0 Å². The Morgan fingerprint density at radius 3 is 2.60 bits per heavy atom. The molecule has 210 valence electrons. The summed E-state index contributed by atoms with van der Waals surface area (Å²) in [5, 5.41) is 11.1. The van der Waals surface area contributed by atoms with Gasteiger partial charge in [-0.15, -0.1) is 0 Å². The molecule has 11 heteroatoms. The second-order valence-corrected chi connectivity index (χ2v) is 11.0. The number of likely N-dealkylation sites (N-methyl/N-ethyl adjacent to an activating group) is 1. The van der Waals surface area contributed by atoms with E-state index < -0.39 is 6.09 Å². The lowest BCUT2D eigenvalue weighted by atomic mass is 10.1. The molecule has 3 heterocycles. The third-order valence-corrected chi connectivity index (χ3v) is 6.75. The van der Waals surface area contributed by atoms with E-state index in [2.05, 4.69) is 45.4 Å². The molecule has 0 unspecified atom stereocenters. The molecular formula is C29H34BrN7O3. The van der Waals surface area contributed by atoms with Crippen LogP contribution in [0.25, 0.3) is 22.3 Å². The summed E-state index contributed by atoms with van der Waals surface area (Å²) in [5.74, 6) is 1.16. The van der Waals surface area contributed by atoms with Gasteiger partial charge in [0.15, 0.2) is 11.5 Å². The molecule has 1 aromatic carbocycles. The first-order valence-corrected chi connectivity index (χ1v) is 14.0.